The molecule has 2 heterocycles. The molecule has 0 bridgehead atoms. The molecule has 1 amide bonds. The standard InChI is InChI=1S/C14H22N2O3/c1-3-19-14(18)11-5-4-6-16(9-11)13(17)10(2)12-7-15-8-12/h11,15H,3-9H2,1-2H3. The summed E-state index contributed by atoms with van der Waals surface area (Å²) >= 11 is 0. The number of piperidine rings is 1. The van der Waals surface area contributed by atoms with E-state index in [1.54, 1.807) is 4.90 Å². The van der Waals surface area contributed by atoms with E-state index in [-0.39, 0.29) is 17.8 Å². The van der Waals surface area contributed by atoms with E-state index in [1.165, 1.54) is 5.57 Å². The van der Waals surface area contributed by atoms with Crippen LogP contribution in [0.2, 0.25) is 0 Å². The quantitative estimate of drug-likeness (QED) is 0.604. The molecular weight excluding hydrogens is 244 g/mol. The van der Waals surface area contributed by atoms with E-state index >= 15 is 0 Å². The van der Waals surface area contributed by atoms with Crippen LogP contribution in [0.5, 0.6) is 0 Å². The summed E-state index contributed by atoms with van der Waals surface area (Å²) in [4.78, 5) is 25.9. The zero-order chi connectivity index (χ0) is 13.8. The number of hydrogen-bond donors (Lipinski definition) is 1. The Labute approximate surface area is 114 Å². The smallest absolute Gasteiger partial charge is 0.310 e. The van der Waals surface area contributed by atoms with Gasteiger partial charge in [0.25, 0.3) is 0 Å². The van der Waals surface area contributed by atoms with Crippen molar-refractivity contribution in [3.63, 3.8) is 0 Å². The lowest BCUT2D eigenvalue weighted by molar-refractivity contribution is -0.150. The Morgan fingerprint density at radius 3 is 2.74 bits per heavy atom. The van der Waals surface area contributed by atoms with Gasteiger partial charge in [-0.15, -0.1) is 0 Å². The molecule has 1 unspecified atom stereocenters. The molecule has 5 nitrogen and oxygen atoms in total. The Balaban J connectivity index is 1.97. The highest BCUT2D eigenvalue weighted by atomic mass is 16.5. The van der Waals surface area contributed by atoms with Crippen molar-refractivity contribution in [3.05, 3.63) is 11.1 Å². The number of nitrogens with one attached hydrogen (secondary N) is 1. The molecule has 2 aliphatic heterocycles. The van der Waals surface area contributed by atoms with E-state index in [0.717, 1.165) is 38.0 Å². The maximum absolute atomic E-state index is 12.3. The molecule has 1 N–H and O–H groups in total. The molecule has 0 aromatic heterocycles. The molecule has 0 saturated carbocycles. The lowest BCUT2D eigenvalue weighted by Crippen LogP contribution is -2.45. The molecule has 2 saturated heterocycles. The summed E-state index contributed by atoms with van der Waals surface area (Å²) in [7, 11) is 0. The van der Waals surface area contributed by atoms with Gasteiger partial charge in [0.1, 0.15) is 0 Å². The van der Waals surface area contributed by atoms with Crippen molar-refractivity contribution in [3.8, 4) is 0 Å². The maximum Gasteiger partial charge on any atom is 0.310 e. The third-order valence-electron chi connectivity index (χ3n) is 3.86. The van der Waals surface area contributed by atoms with Crippen LogP contribution in [0.25, 0.3) is 0 Å². The summed E-state index contributed by atoms with van der Waals surface area (Å²) in [5.41, 5.74) is 2.02. The summed E-state index contributed by atoms with van der Waals surface area (Å²) in [6.07, 6.45) is 1.69. The van der Waals surface area contributed by atoms with Gasteiger partial charge in [-0.1, -0.05) is 0 Å². The fourth-order valence-corrected chi connectivity index (χ4v) is 2.52. The Morgan fingerprint density at radius 2 is 2.16 bits per heavy atom. The molecular formula is C14H22N2O3. The van der Waals surface area contributed by atoms with Crippen molar-refractivity contribution in [2.45, 2.75) is 26.7 Å². The molecule has 0 spiro atoms. The lowest BCUT2D eigenvalue weighted by atomic mass is 9.96. The normalized spacial score (nSPS) is 22.7. The second-order valence-corrected chi connectivity index (χ2v) is 5.17. The van der Waals surface area contributed by atoms with Gasteiger partial charge < -0.3 is 15.0 Å². The molecule has 19 heavy (non-hydrogen) atoms. The van der Waals surface area contributed by atoms with Crippen LogP contribution >= 0.6 is 0 Å². The number of hydrogen-bond acceptors (Lipinski definition) is 4. The molecule has 0 aromatic rings. The highest BCUT2D eigenvalue weighted by Crippen LogP contribution is 2.21. The monoisotopic (exact) mass is 266 g/mol. The number of rotatable bonds is 3. The minimum atomic E-state index is -0.171. The van der Waals surface area contributed by atoms with Crippen molar-refractivity contribution in [1.82, 2.24) is 10.2 Å². The van der Waals surface area contributed by atoms with E-state index in [0.29, 0.717) is 13.2 Å². The number of esters is 1. The number of ether oxygens (including phenoxy) is 1. The first-order valence-electron chi connectivity index (χ1n) is 6.98. The van der Waals surface area contributed by atoms with Gasteiger partial charge in [0, 0.05) is 31.8 Å². The van der Waals surface area contributed by atoms with Crippen LogP contribution in [-0.2, 0) is 14.3 Å². The molecule has 2 rings (SSSR count). The highest BCUT2D eigenvalue weighted by Gasteiger charge is 2.30. The maximum atomic E-state index is 12.3. The molecule has 1 atom stereocenters. The Hall–Kier alpha value is -1.36. The number of likely N-dealkylation sites (tertiary alicyclic amines) is 1. The fourth-order valence-electron chi connectivity index (χ4n) is 2.52. The predicted molar refractivity (Wildman–Crippen MR) is 71.5 cm³/mol. The third kappa shape index (κ3) is 3.15. The van der Waals surface area contributed by atoms with Crippen molar-refractivity contribution in [2.75, 3.05) is 32.8 Å². The van der Waals surface area contributed by atoms with Crippen LogP contribution in [0.1, 0.15) is 26.7 Å². The van der Waals surface area contributed by atoms with Gasteiger partial charge in [-0.05, 0) is 32.3 Å². The second kappa shape index (κ2) is 6.19. The molecule has 2 aliphatic rings. The molecule has 0 radical (unpaired) electrons. The van der Waals surface area contributed by atoms with Crippen LogP contribution < -0.4 is 5.32 Å². The summed E-state index contributed by atoms with van der Waals surface area (Å²) in [5, 5.41) is 3.14. The SMILES string of the molecule is CCOC(=O)C1CCCN(C(=O)C(C)=C2CNC2)C1. The van der Waals surface area contributed by atoms with E-state index in [2.05, 4.69) is 5.32 Å². The number of carbonyl (C=O) groups is 2. The Kier molecular flexibility index (Phi) is 4.58. The predicted octanol–water partition coefficient (Wildman–Crippen LogP) is 0.708. The van der Waals surface area contributed by atoms with Crippen molar-refractivity contribution in [1.29, 1.82) is 0 Å². The van der Waals surface area contributed by atoms with Crippen LogP contribution in [0.3, 0.4) is 0 Å². The van der Waals surface area contributed by atoms with Gasteiger partial charge in [-0.2, -0.15) is 0 Å². The zero-order valence-electron chi connectivity index (χ0n) is 11.7. The molecule has 0 aromatic carbocycles. The van der Waals surface area contributed by atoms with Crippen molar-refractivity contribution >= 4 is 11.9 Å². The summed E-state index contributed by atoms with van der Waals surface area (Å²) in [6, 6.07) is 0. The van der Waals surface area contributed by atoms with Crippen LogP contribution in [0, 0.1) is 5.92 Å². The first-order chi connectivity index (χ1) is 9.13. The van der Waals surface area contributed by atoms with E-state index in [9.17, 15) is 9.59 Å². The minimum Gasteiger partial charge on any atom is -0.466 e. The number of carbonyl (C=O) groups excluding carboxylic acids is 2. The molecule has 106 valence electrons. The fraction of sp³-hybridized carbons (Fsp3) is 0.714. The summed E-state index contributed by atoms with van der Waals surface area (Å²) < 4.78 is 5.05. The summed E-state index contributed by atoms with van der Waals surface area (Å²) in [6.45, 7) is 6.95. The van der Waals surface area contributed by atoms with Gasteiger partial charge in [0.15, 0.2) is 0 Å². The Morgan fingerprint density at radius 1 is 1.42 bits per heavy atom. The van der Waals surface area contributed by atoms with Gasteiger partial charge >= 0.3 is 5.97 Å². The second-order valence-electron chi connectivity index (χ2n) is 5.17. The third-order valence-corrected chi connectivity index (χ3v) is 3.86. The summed E-state index contributed by atoms with van der Waals surface area (Å²) in [5.74, 6) is -0.254. The van der Waals surface area contributed by atoms with Crippen LogP contribution in [-0.4, -0.2) is 49.6 Å². The van der Waals surface area contributed by atoms with Gasteiger partial charge in [-0.3, -0.25) is 9.59 Å². The highest BCUT2D eigenvalue weighted by molar-refractivity contribution is 5.94. The molecule has 0 aliphatic carbocycles. The average molecular weight is 266 g/mol. The first kappa shape index (κ1) is 14.1. The number of nitrogens with zero attached hydrogens (tertiary/aromatic N) is 1. The van der Waals surface area contributed by atoms with E-state index in [1.807, 2.05) is 13.8 Å². The Bertz CT molecular complexity index is 397. The van der Waals surface area contributed by atoms with E-state index < -0.39 is 0 Å². The van der Waals surface area contributed by atoms with E-state index in [4.69, 9.17) is 4.74 Å². The van der Waals surface area contributed by atoms with Crippen LogP contribution in [0.15, 0.2) is 11.1 Å². The lowest BCUT2D eigenvalue weighted by Gasteiger charge is -2.33. The van der Waals surface area contributed by atoms with Crippen LogP contribution in [0.4, 0.5) is 0 Å². The average Bonchev–Trinajstić information content (AvgIpc) is 2.36. The van der Waals surface area contributed by atoms with Gasteiger partial charge in [0.2, 0.25) is 5.91 Å². The number of amides is 1. The molecule has 2 fully saturated rings. The van der Waals surface area contributed by atoms with Crippen molar-refractivity contribution in [2.24, 2.45) is 5.92 Å². The molecule has 5 heteroatoms. The first-order valence-corrected chi connectivity index (χ1v) is 6.98. The zero-order valence-corrected chi connectivity index (χ0v) is 11.7. The topological polar surface area (TPSA) is 58.6 Å². The van der Waals surface area contributed by atoms with Gasteiger partial charge in [-0.25, -0.2) is 0 Å². The minimum absolute atomic E-state index is 0.0745. The van der Waals surface area contributed by atoms with Crippen molar-refractivity contribution < 1.29 is 14.3 Å². The van der Waals surface area contributed by atoms with Gasteiger partial charge in [0.05, 0.1) is 12.5 Å². The largest absolute Gasteiger partial charge is 0.466 e.